The molecule has 0 fully saturated rings. The Hall–Kier alpha value is -2.63. The number of imidazole rings is 1. The molecule has 0 aliphatic carbocycles. The van der Waals surface area contributed by atoms with Crippen LogP contribution in [0.1, 0.15) is 30.9 Å². The molecule has 0 unspecified atom stereocenters. The summed E-state index contributed by atoms with van der Waals surface area (Å²) in [4.78, 5) is 30.2. The molecule has 1 aromatic heterocycles. The molecule has 1 N–H and O–H groups in total. The van der Waals surface area contributed by atoms with Gasteiger partial charge in [-0.3, -0.25) is 9.59 Å². The number of rotatable bonds is 6. The molecule has 2 amide bonds. The average molecular weight is 340 g/mol. The molecule has 0 saturated heterocycles. The predicted octanol–water partition coefficient (Wildman–Crippen LogP) is 1.75. The summed E-state index contributed by atoms with van der Waals surface area (Å²) in [7, 11) is 0. The van der Waals surface area contributed by atoms with Crippen molar-refractivity contribution in [1.29, 1.82) is 0 Å². The molecule has 3 rings (SSSR count). The van der Waals surface area contributed by atoms with Gasteiger partial charge in [0.1, 0.15) is 6.04 Å². The topological polar surface area (TPSA) is 67.2 Å². The minimum atomic E-state index is -0.416. The Labute approximate surface area is 147 Å². The lowest BCUT2D eigenvalue weighted by atomic mass is 9.93. The van der Waals surface area contributed by atoms with Gasteiger partial charge in [-0.15, -0.1) is 0 Å². The number of nitrogens with zero attached hydrogens (tertiary/aromatic N) is 3. The summed E-state index contributed by atoms with van der Waals surface area (Å²) in [6, 6.07) is 7.60. The molecule has 2 aromatic rings. The summed E-state index contributed by atoms with van der Waals surface area (Å²) in [6.45, 7) is 3.55. The van der Waals surface area contributed by atoms with Crippen LogP contribution < -0.4 is 5.32 Å². The lowest BCUT2D eigenvalue weighted by Gasteiger charge is -2.35. The molecular formula is C19H24N4O2. The number of aromatic nitrogens is 2. The highest BCUT2D eigenvalue weighted by Gasteiger charge is 2.32. The van der Waals surface area contributed by atoms with Gasteiger partial charge < -0.3 is 14.8 Å². The maximum absolute atomic E-state index is 12.6. The zero-order valence-electron chi connectivity index (χ0n) is 14.5. The highest BCUT2D eigenvalue weighted by atomic mass is 16.2. The van der Waals surface area contributed by atoms with Gasteiger partial charge in [0, 0.05) is 45.4 Å². The third kappa shape index (κ3) is 4.26. The Kier molecular flexibility index (Phi) is 5.48. The predicted molar refractivity (Wildman–Crippen MR) is 94.6 cm³/mol. The van der Waals surface area contributed by atoms with Gasteiger partial charge in [0.15, 0.2) is 0 Å². The largest absolute Gasteiger partial charge is 0.354 e. The van der Waals surface area contributed by atoms with E-state index in [1.165, 1.54) is 6.92 Å². The highest BCUT2D eigenvalue weighted by molar-refractivity contribution is 5.87. The Morgan fingerprint density at radius 2 is 2.04 bits per heavy atom. The maximum atomic E-state index is 12.6. The lowest BCUT2D eigenvalue weighted by molar-refractivity contribution is -0.140. The fraction of sp³-hybridized carbons (Fsp3) is 0.421. The lowest BCUT2D eigenvalue weighted by Crippen LogP contribution is -2.52. The van der Waals surface area contributed by atoms with Crippen LogP contribution in [0.5, 0.6) is 0 Å². The van der Waals surface area contributed by atoms with E-state index < -0.39 is 6.04 Å². The normalized spacial score (nSPS) is 16.4. The molecule has 0 spiro atoms. The summed E-state index contributed by atoms with van der Waals surface area (Å²) in [5.74, 6) is -0.123. The van der Waals surface area contributed by atoms with E-state index in [0.29, 0.717) is 19.5 Å². The molecule has 6 heteroatoms. The van der Waals surface area contributed by atoms with Gasteiger partial charge in [0.25, 0.3) is 0 Å². The third-order valence-corrected chi connectivity index (χ3v) is 4.66. The van der Waals surface area contributed by atoms with Gasteiger partial charge in [-0.1, -0.05) is 24.3 Å². The van der Waals surface area contributed by atoms with Crippen molar-refractivity contribution < 1.29 is 9.59 Å². The first-order valence-electron chi connectivity index (χ1n) is 8.72. The van der Waals surface area contributed by atoms with Crippen LogP contribution in [0.15, 0.2) is 43.0 Å². The number of carbonyl (C=O) groups excluding carboxylic acids is 2. The maximum Gasteiger partial charge on any atom is 0.243 e. The summed E-state index contributed by atoms with van der Waals surface area (Å²) in [5, 5.41) is 2.99. The summed E-state index contributed by atoms with van der Waals surface area (Å²) in [5.41, 5.74) is 2.28. The van der Waals surface area contributed by atoms with Crippen molar-refractivity contribution in [2.45, 2.75) is 45.3 Å². The average Bonchev–Trinajstić information content (AvgIpc) is 3.13. The number of hydrogen-bond acceptors (Lipinski definition) is 3. The SMILES string of the molecule is CC(=O)N1Cc2ccccc2C[C@H]1C(=O)NCCCCn1ccnc1. The Bertz CT molecular complexity index is 727. The van der Waals surface area contributed by atoms with Crippen LogP contribution in [-0.4, -0.2) is 38.9 Å². The minimum Gasteiger partial charge on any atom is -0.354 e. The highest BCUT2D eigenvalue weighted by Crippen LogP contribution is 2.23. The Morgan fingerprint density at radius 3 is 2.76 bits per heavy atom. The second-order valence-corrected chi connectivity index (χ2v) is 6.43. The van der Waals surface area contributed by atoms with Crippen LogP contribution in [0, 0.1) is 0 Å². The standard InChI is InChI=1S/C19H24N4O2/c1-15(24)23-13-17-7-3-2-6-16(17)12-18(23)19(25)21-8-4-5-10-22-11-9-20-14-22/h2-3,6-7,9,11,14,18H,4-5,8,10,12-13H2,1H3,(H,21,25)/t18-/m0/s1. The first kappa shape index (κ1) is 17.2. The molecule has 2 heterocycles. The van der Waals surface area contributed by atoms with Crippen molar-refractivity contribution in [1.82, 2.24) is 19.8 Å². The number of amides is 2. The fourth-order valence-corrected chi connectivity index (χ4v) is 3.26. The van der Waals surface area contributed by atoms with E-state index in [0.717, 1.165) is 30.5 Å². The van der Waals surface area contributed by atoms with Gasteiger partial charge in [-0.25, -0.2) is 4.98 Å². The van der Waals surface area contributed by atoms with Gasteiger partial charge >= 0.3 is 0 Å². The second kappa shape index (κ2) is 7.96. The smallest absolute Gasteiger partial charge is 0.243 e. The Balaban J connectivity index is 1.52. The first-order valence-corrected chi connectivity index (χ1v) is 8.72. The van der Waals surface area contributed by atoms with E-state index in [2.05, 4.69) is 10.3 Å². The van der Waals surface area contributed by atoms with E-state index >= 15 is 0 Å². The van der Waals surface area contributed by atoms with Crippen molar-refractivity contribution in [3.63, 3.8) is 0 Å². The van der Waals surface area contributed by atoms with E-state index in [-0.39, 0.29) is 11.8 Å². The second-order valence-electron chi connectivity index (χ2n) is 6.43. The number of hydrogen-bond donors (Lipinski definition) is 1. The van der Waals surface area contributed by atoms with Gasteiger partial charge in [-0.05, 0) is 24.0 Å². The van der Waals surface area contributed by atoms with Crippen LogP contribution in [-0.2, 0) is 29.1 Å². The first-order chi connectivity index (χ1) is 12.1. The molecule has 0 bridgehead atoms. The quantitative estimate of drug-likeness (QED) is 0.815. The van der Waals surface area contributed by atoms with Crippen molar-refractivity contribution >= 4 is 11.8 Å². The summed E-state index contributed by atoms with van der Waals surface area (Å²) >= 11 is 0. The molecule has 25 heavy (non-hydrogen) atoms. The number of nitrogens with one attached hydrogen (secondary N) is 1. The molecule has 0 radical (unpaired) electrons. The molecule has 1 atom stereocenters. The fourth-order valence-electron chi connectivity index (χ4n) is 3.26. The van der Waals surface area contributed by atoms with Crippen molar-refractivity contribution in [2.24, 2.45) is 0 Å². The molecule has 1 aliphatic heterocycles. The molecular weight excluding hydrogens is 316 g/mol. The number of carbonyl (C=O) groups is 2. The van der Waals surface area contributed by atoms with Crippen LogP contribution >= 0.6 is 0 Å². The number of unbranched alkanes of at least 4 members (excludes halogenated alkanes) is 1. The van der Waals surface area contributed by atoms with Gasteiger partial charge in [0.05, 0.1) is 6.33 Å². The zero-order valence-corrected chi connectivity index (χ0v) is 14.5. The number of aryl methyl sites for hydroxylation is 1. The van der Waals surface area contributed by atoms with Crippen molar-refractivity contribution in [2.75, 3.05) is 6.54 Å². The monoisotopic (exact) mass is 340 g/mol. The third-order valence-electron chi connectivity index (χ3n) is 4.66. The van der Waals surface area contributed by atoms with Gasteiger partial charge in [0.2, 0.25) is 11.8 Å². The van der Waals surface area contributed by atoms with E-state index in [4.69, 9.17) is 0 Å². The number of fused-ring (bicyclic) bond motifs is 1. The number of benzene rings is 1. The summed E-state index contributed by atoms with van der Waals surface area (Å²) < 4.78 is 2.03. The van der Waals surface area contributed by atoms with E-state index in [1.54, 1.807) is 17.4 Å². The molecule has 132 valence electrons. The van der Waals surface area contributed by atoms with Crippen LogP contribution in [0.25, 0.3) is 0 Å². The summed E-state index contributed by atoms with van der Waals surface area (Å²) in [6.07, 6.45) is 7.94. The minimum absolute atomic E-state index is 0.0604. The van der Waals surface area contributed by atoms with Crippen LogP contribution in [0.4, 0.5) is 0 Å². The van der Waals surface area contributed by atoms with Gasteiger partial charge in [-0.2, -0.15) is 0 Å². The van der Waals surface area contributed by atoms with Crippen LogP contribution in [0.3, 0.4) is 0 Å². The molecule has 0 saturated carbocycles. The van der Waals surface area contributed by atoms with Crippen molar-refractivity contribution in [3.8, 4) is 0 Å². The zero-order chi connectivity index (χ0) is 17.6. The molecule has 6 nitrogen and oxygen atoms in total. The van der Waals surface area contributed by atoms with Crippen LogP contribution in [0.2, 0.25) is 0 Å². The molecule has 1 aliphatic rings. The van der Waals surface area contributed by atoms with E-state index in [9.17, 15) is 9.59 Å². The van der Waals surface area contributed by atoms with E-state index in [1.807, 2.05) is 35.0 Å². The van der Waals surface area contributed by atoms with Crippen molar-refractivity contribution in [3.05, 3.63) is 54.1 Å². The molecule has 1 aromatic carbocycles. The Morgan fingerprint density at radius 1 is 1.24 bits per heavy atom.